The molecule has 1 aromatic rings. The molecule has 0 heterocycles. The fraction of sp³-hybridized carbons (Fsp3) is 0.600. The lowest BCUT2D eigenvalue weighted by atomic mass is 10.0. The van der Waals surface area contributed by atoms with Gasteiger partial charge in [-0.25, -0.2) is 0 Å². The van der Waals surface area contributed by atoms with Gasteiger partial charge in [0.15, 0.2) is 0 Å². The topological polar surface area (TPSA) is 21.3 Å². The molecule has 102 valence electrons. The van der Waals surface area contributed by atoms with E-state index in [2.05, 4.69) is 26.1 Å². The molecule has 18 heavy (non-hydrogen) atoms. The molecule has 2 nitrogen and oxygen atoms in total. The van der Waals surface area contributed by atoms with Crippen molar-refractivity contribution in [3.05, 3.63) is 29.3 Å². The maximum atomic E-state index is 5.81. The average molecular weight is 270 g/mol. The maximum Gasteiger partial charge on any atom is 0.119 e. The quantitative estimate of drug-likeness (QED) is 0.717. The van der Waals surface area contributed by atoms with Gasteiger partial charge < -0.3 is 10.1 Å². The van der Waals surface area contributed by atoms with Crippen molar-refractivity contribution in [3.63, 3.8) is 0 Å². The van der Waals surface area contributed by atoms with Crippen molar-refractivity contribution >= 4 is 11.6 Å². The molecule has 1 N–H and O–H groups in total. The van der Waals surface area contributed by atoms with E-state index < -0.39 is 0 Å². The SMILES string of the molecule is CC(C)CCC(C)NCCOc1ccc(Cl)cc1. The van der Waals surface area contributed by atoms with Gasteiger partial charge in [-0.1, -0.05) is 25.4 Å². The summed E-state index contributed by atoms with van der Waals surface area (Å²) in [5.41, 5.74) is 0. The Labute approximate surface area is 116 Å². The highest BCUT2D eigenvalue weighted by atomic mass is 35.5. The average Bonchev–Trinajstić information content (AvgIpc) is 2.34. The molecule has 0 spiro atoms. The van der Waals surface area contributed by atoms with Gasteiger partial charge in [0, 0.05) is 17.6 Å². The van der Waals surface area contributed by atoms with Crippen LogP contribution < -0.4 is 10.1 Å². The van der Waals surface area contributed by atoms with Crippen LogP contribution in [0.4, 0.5) is 0 Å². The lowest BCUT2D eigenvalue weighted by Gasteiger charge is -2.15. The van der Waals surface area contributed by atoms with Gasteiger partial charge in [-0.15, -0.1) is 0 Å². The van der Waals surface area contributed by atoms with Crippen LogP contribution in [0.15, 0.2) is 24.3 Å². The Balaban J connectivity index is 2.09. The number of ether oxygens (including phenoxy) is 1. The third-order valence-electron chi connectivity index (χ3n) is 2.85. The maximum absolute atomic E-state index is 5.81. The van der Waals surface area contributed by atoms with Crippen molar-refractivity contribution < 1.29 is 4.74 Å². The van der Waals surface area contributed by atoms with E-state index in [1.54, 1.807) is 0 Å². The second kappa shape index (κ2) is 8.39. The number of hydrogen-bond acceptors (Lipinski definition) is 2. The fourth-order valence-corrected chi connectivity index (χ4v) is 1.82. The summed E-state index contributed by atoms with van der Waals surface area (Å²) in [5.74, 6) is 1.65. The molecule has 0 saturated heterocycles. The zero-order chi connectivity index (χ0) is 13.4. The monoisotopic (exact) mass is 269 g/mol. The van der Waals surface area contributed by atoms with Crippen LogP contribution in [-0.4, -0.2) is 19.2 Å². The Morgan fingerprint density at radius 3 is 2.39 bits per heavy atom. The van der Waals surface area contributed by atoms with Crippen LogP contribution >= 0.6 is 11.6 Å². The molecule has 0 aliphatic rings. The Kier molecular flexibility index (Phi) is 7.14. The smallest absolute Gasteiger partial charge is 0.119 e. The molecule has 0 fully saturated rings. The van der Waals surface area contributed by atoms with Gasteiger partial charge in [0.25, 0.3) is 0 Å². The third-order valence-corrected chi connectivity index (χ3v) is 3.11. The molecule has 0 aliphatic heterocycles. The van der Waals surface area contributed by atoms with E-state index in [4.69, 9.17) is 16.3 Å². The number of benzene rings is 1. The predicted molar refractivity (Wildman–Crippen MR) is 78.5 cm³/mol. The Morgan fingerprint density at radius 1 is 1.11 bits per heavy atom. The summed E-state index contributed by atoms with van der Waals surface area (Å²) in [7, 11) is 0. The van der Waals surface area contributed by atoms with Crippen LogP contribution in [0.3, 0.4) is 0 Å². The van der Waals surface area contributed by atoms with Gasteiger partial charge in [-0.2, -0.15) is 0 Å². The van der Waals surface area contributed by atoms with Crippen LogP contribution in [0.5, 0.6) is 5.75 Å². The molecule has 1 unspecified atom stereocenters. The van der Waals surface area contributed by atoms with E-state index in [0.717, 1.165) is 23.2 Å². The summed E-state index contributed by atoms with van der Waals surface area (Å²) in [5, 5.41) is 4.21. The van der Waals surface area contributed by atoms with Gasteiger partial charge in [0.05, 0.1) is 0 Å². The van der Waals surface area contributed by atoms with Crippen LogP contribution in [-0.2, 0) is 0 Å². The molecule has 0 saturated carbocycles. The Morgan fingerprint density at radius 2 is 1.78 bits per heavy atom. The highest BCUT2D eigenvalue weighted by Gasteiger charge is 2.02. The van der Waals surface area contributed by atoms with Crippen molar-refractivity contribution in [2.45, 2.75) is 39.7 Å². The summed E-state index contributed by atoms with van der Waals surface area (Å²) in [6.45, 7) is 8.31. The van der Waals surface area contributed by atoms with Gasteiger partial charge in [-0.05, 0) is 49.9 Å². The van der Waals surface area contributed by atoms with Gasteiger partial charge >= 0.3 is 0 Å². The first kappa shape index (κ1) is 15.3. The first-order valence-electron chi connectivity index (χ1n) is 6.69. The molecule has 0 aromatic heterocycles. The van der Waals surface area contributed by atoms with Crippen molar-refractivity contribution in [2.75, 3.05) is 13.2 Å². The van der Waals surface area contributed by atoms with E-state index in [1.807, 2.05) is 24.3 Å². The highest BCUT2D eigenvalue weighted by Crippen LogP contribution is 2.15. The van der Waals surface area contributed by atoms with Crippen LogP contribution in [0, 0.1) is 5.92 Å². The van der Waals surface area contributed by atoms with Crippen molar-refractivity contribution in [1.29, 1.82) is 0 Å². The molecule has 1 aromatic carbocycles. The first-order chi connectivity index (χ1) is 8.58. The lowest BCUT2D eigenvalue weighted by Crippen LogP contribution is -2.30. The van der Waals surface area contributed by atoms with E-state index in [0.29, 0.717) is 12.6 Å². The molecule has 3 heteroatoms. The zero-order valence-corrected chi connectivity index (χ0v) is 12.3. The summed E-state index contributed by atoms with van der Waals surface area (Å²) < 4.78 is 5.62. The van der Waals surface area contributed by atoms with Crippen molar-refractivity contribution in [1.82, 2.24) is 5.32 Å². The van der Waals surface area contributed by atoms with Crippen molar-refractivity contribution in [2.24, 2.45) is 5.92 Å². The number of nitrogens with one attached hydrogen (secondary N) is 1. The lowest BCUT2D eigenvalue weighted by molar-refractivity contribution is 0.303. The Bertz CT molecular complexity index is 324. The van der Waals surface area contributed by atoms with Crippen LogP contribution in [0.25, 0.3) is 0 Å². The van der Waals surface area contributed by atoms with Crippen LogP contribution in [0.1, 0.15) is 33.6 Å². The molecule has 0 bridgehead atoms. The molecule has 0 amide bonds. The molecule has 1 rings (SSSR count). The van der Waals surface area contributed by atoms with Gasteiger partial charge in [0.2, 0.25) is 0 Å². The minimum absolute atomic E-state index is 0.557. The van der Waals surface area contributed by atoms with E-state index >= 15 is 0 Å². The standard InChI is InChI=1S/C15H24ClNO/c1-12(2)4-5-13(3)17-10-11-18-15-8-6-14(16)7-9-15/h6-9,12-13,17H,4-5,10-11H2,1-3H3. The molecular weight excluding hydrogens is 246 g/mol. The number of rotatable bonds is 8. The second-order valence-electron chi connectivity index (χ2n) is 5.13. The second-order valence-corrected chi connectivity index (χ2v) is 5.57. The molecular formula is C15H24ClNO. The predicted octanol–water partition coefficient (Wildman–Crippen LogP) is 4.13. The third kappa shape index (κ3) is 6.87. The summed E-state index contributed by atoms with van der Waals surface area (Å²) in [4.78, 5) is 0. The normalized spacial score (nSPS) is 12.7. The van der Waals surface area contributed by atoms with E-state index in [1.165, 1.54) is 12.8 Å². The van der Waals surface area contributed by atoms with Crippen LogP contribution in [0.2, 0.25) is 5.02 Å². The molecule has 0 aliphatic carbocycles. The van der Waals surface area contributed by atoms with Crippen molar-refractivity contribution in [3.8, 4) is 5.75 Å². The largest absolute Gasteiger partial charge is 0.492 e. The summed E-state index contributed by atoms with van der Waals surface area (Å²) >= 11 is 5.81. The minimum Gasteiger partial charge on any atom is -0.492 e. The molecule has 1 atom stereocenters. The minimum atomic E-state index is 0.557. The Hall–Kier alpha value is -0.730. The van der Waals surface area contributed by atoms with E-state index in [-0.39, 0.29) is 0 Å². The number of hydrogen-bond donors (Lipinski definition) is 1. The molecule has 0 radical (unpaired) electrons. The summed E-state index contributed by atoms with van der Waals surface area (Å²) in [6.07, 6.45) is 2.49. The first-order valence-corrected chi connectivity index (χ1v) is 7.07. The van der Waals surface area contributed by atoms with E-state index in [9.17, 15) is 0 Å². The fourth-order valence-electron chi connectivity index (χ4n) is 1.69. The summed E-state index contributed by atoms with van der Waals surface area (Å²) in [6, 6.07) is 8.03. The zero-order valence-electron chi connectivity index (χ0n) is 11.6. The van der Waals surface area contributed by atoms with Gasteiger partial charge in [-0.3, -0.25) is 0 Å². The number of halogens is 1. The highest BCUT2D eigenvalue weighted by molar-refractivity contribution is 6.30. The van der Waals surface area contributed by atoms with Gasteiger partial charge in [0.1, 0.15) is 12.4 Å².